The first-order valence-electron chi connectivity index (χ1n) is 9.16. The molecule has 0 unspecified atom stereocenters. The highest BCUT2D eigenvalue weighted by Crippen LogP contribution is 2.28. The van der Waals surface area contributed by atoms with Gasteiger partial charge >= 0.3 is 5.97 Å². The summed E-state index contributed by atoms with van der Waals surface area (Å²) in [5.41, 5.74) is 1.84. The largest absolute Gasteiger partial charge is 0.452 e. The number of carbonyl (C=O) groups excluding carboxylic acids is 2. The minimum Gasteiger partial charge on any atom is -0.452 e. The molecule has 12 heteroatoms. The Labute approximate surface area is 191 Å². The van der Waals surface area contributed by atoms with Crippen molar-refractivity contribution in [1.29, 1.82) is 0 Å². The lowest BCUT2D eigenvalue weighted by molar-refractivity contribution is -0.384. The number of aromatic nitrogens is 2. The SMILES string of the molecule is Cc1noc(C)c1CSc1ncccc1C(=O)OCC(=O)Nc1ccc([N+](=O)[O-])cc1Cl. The molecule has 1 amide bonds. The third-order valence-electron chi connectivity index (χ3n) is 4.30. The number of nitro benzene ring substituents is 1. The molecule has 0 aliphatic rings. The van der Waals surface area contributed by atoms with Crippen LogP contribution in [0.1, 0.15) is 27.4 Å². The molecule has 0 aliphatic heterocycles. The number of pyridine rings is 1. The summed E-state index contributed by atoms with van der Waals surface area (Å²) in [5, 5.41) is 17.5. The summed E-state index contributed by atoms with van der Waals surface area (Å²) in [5.74, 6) is -0.179. The number of benzene rings is 1. The maximum absolute atomic E-state index is 12.5. The minimum atomic E-state index is -0.718. The Bertz CT molecular complexity index is 1160. The summed E-state index contributed by atoms with van der Waals surface area (Å²) in [4.78, 5) is 39.0. The standard InChI is InChI=1S/C20H17ClN4O6S/c1-11-15(12(2)31-24-11)10-32-19-14(4-3-7-22-19)20(27)30-9-18(26)23-17-6-5-13(25(28)29)8-16(17)21/h3-8H,9-10H2,1-2H3,(H,23,26). The summed E-state index contributed by atoms with van der Waals surface area (Å²) in [6.45, 7) is 3.06. The lowest BCUT2D eigenvalue weighted by Crippen LogP contribution is -2.21. The van der Waals surface area contributed by atoms with E-state index < -0.39 is 23.4 Å². The Morgan fingerprint density at radius 1 is 1.31 bits per heavy atom. The van der Waals surface area contributed by atoms with Crippen LogP contribution in [0, 0.1) is 24.0 Å². The number of hydrogen-bond acceptors (Lipinski definition) is 9. The van der Waals surface area contributed by atoms with Crippen molar-refractivity contribution in [2.24, 2.45) is 0 Å². The zero-order chi connectivity index (χ0) is 23.3. The van der Waals surface area contributed by atoms with Crippen molar-refractivity contribution in [3.63, 3.8) is 0 Å². The highest BCUT2D eigenvalue weighted by molar-refractivity contribution is 7.98. The van der Waals surface area contributed by atoms with E-state index in [0.29, 0.717) is 16.5 Å². The van der Waals surface area contributed by atoms with Crippen molar-refractivity contribution < 1.29 is 23.8 Å². The Morgan fingerprint density at radius 2 is 2.09 bits per heavy atom. The maximum atomic E-state index is 12.5. The number of nitrogens with one attached hydrogen (secondary N) is 1. The van der Waals surface area contributed by atoms with Gasteiger partial charge in [-0.25, -0.2) is 9.78 Å². The zero-order valence-corrected chi connectivity index (χ0v) is 18.5. The molecule has 0 fully saturated rings. The lowest BCUT2D eigenvalue weighted by Gasteiger charge is -2.10. The van der Waals surface area contributed by atoms with Gasteiger partial charge in [0.2, 0.25) is 0 Å². The predicted molar refractivity (Wildman–Crippen MR) is 117 cm³/mol. The van der Waals surface area contributed by atoms with E-state index in [4.69, 9.17) is 20.9 Å². The van der Waals surface area contributed by atoms with Crippen molar-refractivity contribution in [2.75, 3.05) is 11.9 Å². The molecular weight excluding hydrogens is 460 g/mol. The second-order valence-electron chi connectivity index (χ2n) is 6.49. The van der Waals surface area contributed by atoms with E-state index >= 15 is 0 Å². The smallest absolute Gasteiger partial charge is 0.341 e. The van der Waals surface area contributed by atoms with Gasteiger partial charge in [0.05, 0.1) is 26.9 Å². The number of nitro groups is 1. The molecule has 0 radical (unpaired) electrons. The monoisotopic (exact) mass is 476 g/mol. The molecule has 1 N–H and O–H groups in total. The number of thioether (sulfide) groups is 1. The van der Waals surface area contributed by atoms with E-state index in [1.165, 1.54) is 23.9 Å². The zero-order valence-electron chi connectivity index (χ0n) is 17.0. The summed E-state index contributed by atoms with van der Waals surface area (Å²) < 4.78 is 10.2. The van der Waals surface area contributed by atoms with E-state index in [9.17, 15) is 19.7 Å². The van der Waals surface area contributed by atoms with Crippen LogP contribution in [0.4, 0.5) is 11.4 Å². The van der Waals surface area contributed by atoms with E-state index in [-0.39, 0.29) is 22.0 Å². The second-order valence-corrected chi connectivity index (χ2v) is 7.86. The van der Waals surface area contributed by atoms with Gasteiger partial charge < -0.3 is 14.6 Å². The maximum Gasteiger partial charge on any atom is 0.341 e. The fourth-order valence-corrected chi connectivity index (χ4v) is 3.98. The third-order valence-corrected chi connectivity index (χ3v) is 5.64. The van der Waals surface area contributed by atoms with Gasteiger partial charge in [0.15, 0.2) is 6.61 Å². The van der Waals surface area contributed by atoms with Gasteiger partial charge in [-0.15, -0.1) is 11.8 Å². The van der Waals surface area contributed by atoms with Crippen LogP contribution in [0.3, 0.4) is 0 Å². The first kappa shape index (κ1) is 23.2. The molecule has 3 aromatic rings. The van der Waals surface area contributed by atoms with Crippen LogP contribution in [0.25, 0.3) is 0 Å². The molecule has 0 bridgehead atoms. The number of non-ortho nitro benzene ring substituents is 1. The van der Waals surface area contributed by atoms with E-state index in [1.807, 2.05) is 6.92 Å². The van der Waals surface area contributed by atoms with E-state index in [1.54, 1.807) is 25.3 Å². The number of carbonyl (C=O) groups is 2. The van der Waals surface area contributed by atoms with Gasteiger partial charge in [-0.05, 0) is 32.0 Å². The average molecular weight is 477 g/mol. The van der Waals surface area contributed by atoms with Gasteiger partial charge in [0.25, 0.3) is 11.6 Å². The number of amides is 1. The molecule has 0 atom stereocenters. The lowest BCUT2D eigenvalue weighted by atomic mass is 10.2. The van der Waals surface area contributed by atoms with Crippen LogP contribution < -0.4 is 5.32 Å². The van der Waals surface area contributed by atoms with Crippen LogP contribution in [-0.4, -0.2) is 33.5 Å². The molecule has 2 heterocycles. The Balaban J connectivity index is 1.60. The topological polar surface area (TPSA) is 137 Å². The number of rotatable bonds is 8. The summed E-state index contributed by atoms with van der Waals surface area (Å²) in [7, 11) is 0. The van der Waals surface area contributed by atoms with Crippen molar-refractivity contribution >= 4 is 46.6 Å². The summed E-state index contributed by atoms with van der Waals surface area (Å²) >= 11 is 7.27. The molecule has 32 heavy (non-hydrogen) atoms. The number of aryl methyl sites for hydroxylation is 2. The van der Waals surface area contributed by atoms with Crippen LogP contribution in [0.2, 0.25) is 5.02 Å². The number of hydrogen-bond donors (Lipinski definition) is 1. The van der Waals surface area contributed by atoms with E-state index in [0.717, 1.165) is 17.3 Å². The molecule has 0 aliphatic carbocycles. The Kier molecular flexibility index (Phi) is 7.44. The highest BCUT2D eigenvalue weighted by atomic mass is 35.5. The van der Waals surface area contributed by atoms with Gasteiger partial charge in [0, 0.05) is 29.6 Å². The first-order chi connectivity index (χ1) is 15.3. The number of nitrogens with zero attached hydrogens (tertiary/aromatic N) is 3. The third kappa shape index (κ3) is 5.62. The Hall–Kier alpha value is -3.44. The highest BCUT2D eigenvalue weighted by Gasteiger charge is 2.18. The van der Waals surface area contributed by atoms with Gasteiger partial charge in [-0.2, -0.15) is 0 Å². The molecule has 166 valence electrons. The number of halogens is 1. The van der Waals surface area contributed by atoms with Gasteiger partial charge in [-0.3, -0.25) is 14.9 Å². The van der Waals surface area contributed by atoms with Crippen LogP contribution in [0.15, 0.2) is 46.1 Å². The summed E-state index contributed by atoms with van der Waals surface area (Å²) in [6, 6.07) is 6.75. The number of ether oxygens (including phenoxy) is 1. The molecule has 0 saturated carbocycles. The quantitative estimate of drug-likeness (QED) is 0.218. The predicted octanol–water partition coefficient (Wildman–Crippen LogP) is 4.34. The first-order valence-corrected chi connectivity index (χ1v) is 10.5. The second kappa shape index (κ2) is 10.2. The van der Waals surface area contributed by atoms with Crippen molar-refractivity contribution in [3.05, 3.63) is 74.2 Å². The molecule has 0 saturated heterocycles. The van der Waals surface area contributed by atoms with E-state index in [2.05, 4.69) is 15.5 Å². The van der Waals surface area contributed by atoms with Gasteiger partial charge in [0.1, 0.15) is 10.8 Å². The fraction of sp³-hybridized carbons (Fsp3) is 0.200. The van der Waals surface area contributed by atoms with Crippen molar-refractivity contribution in [3.8, 4) is 0 Å². The fourth-order valence-electron chi connectivity index (χ4n) is 2.62. The molecular formula is C20H17ClN4O6S. The van der Waals surface area contributed by atoms with Crippen molar-refractivity contribution in [2.45, 2.75) is 24.6 Å². The molecule has 3 rings (SSSR count). The molecule has 0 spiro atoms. The molecule has 1 aromatic carbocycles. The molecule has 10 nitrogen and oxygen atoms in total. The molecule has 2 aromatic heterocycles. The minimum absolute atomic E-state index is 0.0101. The number of esters is 1. The van der Waals surface area contributed by atoms with Crippen LogP contribution in [-0.2, 0) is 15.3 Å². The normalized spacial score (nSPS) is 10.6. The summed E-state index contributed by atoms with van der Waals surface area (Å²) in [6.07, 6.45) is 1.55. The van der Waals surface area contributed by atoms with Crippen molar-refractivity contribution in [1.82, 2.24) is 10.1 Å². The number of anilines is 1. The average Bonchev–Trinajstić information content (AvgIpc) is 3.09. The van der Waals surface area contributed by atoms with Gasteiger partial charge in [-0.1, -0.05) is 16.8 Å². The Morgan fingerprint density at radius 3 is 2.75 bits per heavy atom. The van der Waals surface area contributed by atoms with Crippen LogP contribution in [0.5, 0.6) is 0 Å². The van der Waals surface area contributed by atoms with Crippen LogP contribution >= 0.6 is 23.4 Å².